The number of aliphatic hydroxyl groups is 2. The molecule has 0 spiro atoms. The molecule has 0 radical (unpaired) electrons. The molecule has 0 aliphatic heterocycles. The van der Waals surface area contributed by atoms with E-state index in [9.17, 15) is 4.79 Å². The topological polar surface area (TPSA) is 107 Å². The fourth-order valence-electron chi connectivity index (χ4n) is 1.27. The lowest BCUT2D eigenvalue weighted by atomic mass is 10.2. The summed E-state index contributed by atoms with van der Waals surface area (Å²) in [7, 11) is 0. The third-order valence-electron chi connectivity index (χ3n) is 2.22. The molecule has 0 unspecified atom stereocenters. The van der Waals surface area contributed by atoms with E-state index in [1.165, 1.54) is 6.20 Å². The summed E-state index contributed by atoms with van der Waals surface area (Å²) in [5, 5.41) is 27.0. The molecule has 0 saturated carbocycles. The van der Waals surface area contributed by atoms with Crippen LogP contribution in [0.25, 0.3) is 0 Å². The molecule has 17 heavy (non-hydrogen) atoms. The van der Waals surface area contributed by atoms with Gasteiger partial charge in [-0.05, 0) is 6.92 Å². The van der Waals surface area contributed by atoms with E-state index in [4.69, 9.17) is 14.9 Å². The third kappa shape index (κ3) is 3.81. The van der Waals surface area contributed by atoms with Crippen LogP contribution in [0.4, 0.5) is 0 Å². The van der Waals surface area contributed by atoms with Gasteiger partial charge in [-0.1, -0.05) is 0 Å². The first-order valence-electron chi connectivity index (χ1n) is 5.37. The summed E-state index contributed by atoms with van der Waals surface area (Å²) in [5.41, 5.74) is 0.921. The predicted octanol–water partition coefficient (Wildman–Crippen LogP) is -0.971. The number of hydrogen-bond acceptors (Lipinski definition) is 6. The van der Waals surface area contributed by atoms with E-state index in [0.717, 1.165) is 0 Å². The van der Waals surface area contributed by atoms with Crippen molar-refractivity contribution in [2.45, 2.75) is 19.5 Å². The molecule has 96 valence electrons. The van der Waals surface area contributed by atoms with Gasteiger partial charge in [-0.25, -0.2) is 4.79 Å². The zero-order chi connectivity index (χ0) is 12.7. The van der Waals surface area contributed by atoms with Crippen molar-refractivity contribution in [3.63, 3.8) is 0 Å². The van der Waals surface area contributed by atoms with E-state index >= 15 is 0 Å². The van der Waals surface area contributed by atoms with Gasteiger partial charge in [0.05, 0.1) is 32.1 Å². The van der Waals surface area contributed by atoms with E-state index < -0.39 is 12.0 Å². The minimum atomic E-state index is -0.466. The Hall–Kier alpha value is -1.44. The summed E-state index contributed by atoms with van der Waals surface area (Å²) in [6, 6.07) is -0.417. The minimum Gasteiger partial charge on any atom is -0.461 e. The standard InChI is InChI=1S/C10H17N3O4/c1-2-17-10(16)9-7(4-12-13-9)3-11-8(5-14)6-15/h4,8,11,14-15H,2-3,5-6H2,1H3,(H,12,13). The number of carbonyl (C=O) groups excluding carboxylic acids is 1. The van der Waals surface area contributed by atoms with Crippen molar-refractivity contribution in [1.82, 2.24) is 15.5 Å². The number of rotatable bonds is 7. The van der Waals surface area contributed by atoms with Crippen LogP contribution in [0.5, 0.6) is 0 Å². The van der Waals surface area contributed by atoms with Gasteiger partial charge < -0.3 is 20.3 Å². The van der Waals surface area contributed by atoms with E-state index in [1.54, 1.807) is 6.92 Å². The second kappa shape index (κ2) is 7.00. The van der Waals surface area contributed by atoms with Crippen LogP contribution < -0.4 is 5.32 Å². The van der Waals surface area contributed by atoms with Gasteiger partial charge in [-0.3, -0.25) is 5.10 Å². The summed E-state index contributed by atoms with van der Waals surface area (Å²) in [6.45, 7) is 1.98. The molecule has 0 amide bonds. The maximum absolute atomic E-state index is 11.5. The number of ether oxygens (including phenoxy) is 1. The van der Waals surface area contributed by atoms with Crippen LogP contribution >= 0.6 is 0 Å². The van der Waals surface area contributed by atoms with Crippen LogP contribution in [-0.4, -0.2) is 52.2 Å². The molecule has 0 aromatic carbocycles. The van der Waals surface area contributed by atoms with E-state index in [1.807, 2.05) is 0 Å². The normalized spacial score (nSPS) is 10.8. The number of aromatic nitrogens is 2. The fourth-order valence-corrected chi connectivity index (χ4v) is 1.27. The van der Waals surface area contributed by atoms with Crippen molar-refractivity contribution in [2.75, 3.05) is 19.8 Å². The van der Waals surface area contributed by atoms with E-state index in [2.05, 4.69) is 15.5 Å². The van der Waals surface area contributed by atoms with Crippen LogP contribution in [0, 0.1) is 0 Å². The summed E-state index contributed by atoms with van der Waals surface area (Å²) >= 11 is 0. The molecule has 0 atom stereocenters. The van der Waals surface area contributed by atoms with Crippen molar-refractivity contribution in [2.24, 2.45) is 0 Å². The van der Waals surface area contributed by atoms with Crippen LogP contribution in [0.3, 0.4) is 0 Å². The molecule has 0 aliphatic rings. The number of nitrogens with zero attached hydrogens (tertiary/aromatic N) is 1. The Bertz CT molecular complexity index is 349. The molecule has 1 rings (SSSR count). The molecular weight excluding hydrogens is 226 g/mol. The maximum Gasteiger partial charge on any atom is 0.356 e. The largest absolute Gasteiger partial charge is 0.461 e. The first-order valence-corrected chi connectivity index (χ1v) is 5.37. The fraction of sp³-hybridized carbons (Fsp3) is 0.600. The Balaban J connectivity index is 2.59. The molecule has 0 fully saturated rings. The number of carbonyl (C=O) groups is 1. The van der Waals surface area contributed by atoms with Crippen molar-refractivity contribution < 1.29 is 19.7 Å². The van der Waals surface area contributed by atoms with Crippen LogP contribution in [0.1, 0.15) is 23.0 Å². The van der Waals surface area contributed by atoms with Crippen LogP contribution in [-0.2, 0) is 11.3 Å². The van der Waals surface area contributed by atoms with Crippen molar-refractivity contribution in [3.05, 3.63) is 17.5 Å². The molecule has 0 saturated heterocycles. The van der Waals surface area contributed by atoms with Gasteiger partial charge in [0.2, 0.25) is 0 Å². The number of aliphatic hydroxyl groups excluding tert-OH is 2. The Labute approximate surface area is 98.8 Å². The predicted molar refractivity (Wildman–Crippen MR) is 59.3 cm³/mol. The third-order valence-corrected chi connectivity index (χ3v) is 2.22. The molecule has 0 bridgehead atoms. The zero-order valence-electron chi connectivity index (χ0n) is 9.64. The van der Waals surface area contributed by atoms with Gasteiger partial charge in [-0.15, -0.1) is 0 Å². The first kappa shape index (κ1) is 13.6. The lowest BCUT2D eigenvalue weighted by Crippen LogP contribution is -2.35. The molecule has 1 aromatic rings. The monoisotopic (exact) mass is 243 g/mol. The van der Waals surface area contributed by atoms with Crippen molar-refractivity contribution >= 4 is 5.97 Å². The quantitative estimate of drug-likeness (QED) is 0.459. The maximum atomic E-state index is 11.5. The Morgan fingerprint density at radius 1 is 1.59 bits per heavy atom. The number of H-pyrrole nitrogens is 1. The summed E-state index contributed by atoms with van der Waals surface area (Å²) in [6.07, 6.45) is 1.51. The van der Waals surface area contributed by atoms with Crippen molar-refractivity contribution in [3.8, 4) is 0 Å². The lowest BCUT2D eigenvalue weighted by Gasteiger charge is -2.12. The van der Waals surface area contributed by atoms with Gasteiger partial charge >= 0.3 is 5.97 Å². The minimum absolute atomic E-state index is 0.177. The molecule has 7 nitrogen and oxygen atoms in total. The van der Waals surface area contributed by atoms with Gasteiger partial charge in [-0.2, -0.15) is 5.10 Å². The van der Waals surface area contributed by atoms with Crippen LogP contribution in [0.2, 0.25) is 0 Å². The summed E-state index contributed by atoms with van der Waals surface area (Å²) in [5.74, 6) is -0.466. The molecule has 7 heteroatoms. The number of esters is 1. The van der Waals surface area contributed by atoms with Gasteiger partial charge in [0.25, 0.3) is 0 Å². The second-order valence-electron chi connectivity index (χ2n) is 3.43. The van der Waals surface area contributed by atoms with Gasteiger partial charge in [0, 0.05) is 12.1 Å². The van der Waals surface area contributed by atoms with E-state index in [-0.39, 0.29) is 18.9 Å². The second-order valence-corrected chi connectivity index (χ2v) is 3.43. The smallest absolute Gasteiger partial charge is 0.356 e. The van der Waals surface area contributed by atoms with Crippen LogP contribution in [0.15, 0.2) is 6.20 Å². The average molecular weight is 243 g/mol. The highest BCUT2D eigenvalue weighted by molar-refractivity contribution is 5.88. The highest BCUT2D eigenvalue weighted by Crippen LogP contribution is 2.06. The first-order chi connectivity index (χ1) is 8.22. The zero-order valence-corrected chi connectivity index (χ0v) is 9.64. The lowest BCUT2D eigenvalue weighted by molar-refractivity contribution is 0.0518. The SMILES string of the molecule is CCOC(=O)c1[nH]ncc1CNC(CO)CO. The van der Waals surface area contributed by atoms with Gasteiger partial charge in [0.1, 0.15) is 5.69 Å². The molecular formula is C10H17N3O4. The molecule has 0 aliphatic carbocycles. The van der Waals surface area contributed by atoms with E-state index in [0.29, 0.717) is 18.7 Å². The molecule has 1 heterocycles. The number of hydrogen-bond donors (Lipinski definition) is 4. The number of aromatic amines is 1. The highest BCUT2D eigenvalue weighted by Gasteiger charge is 2.15. The summed E-state index contributed by atoms with van der Waals surface area (Å²) in [4.78, 5) is 11.5. The number of nitrogens with one attached hydrogen (secondary N) is 2. The Morgan fingerprint density at radius 2 is 2.29 bits per heavy atom. The van der Waals surface area contributed by atoms with Gasteiger partial charge in [0.15, 0.2) is 0 Å². The Kier molecular flexibility index (Phi) is 5.61. The molecule has 1 aromatic heterocycles. The molecule has 4 N–H and O–H groups in total. The Morgan fingerprint density at radius 3 is 2.88 bits per heavy atom. The highest BCUT2D eigenvalue weighted by atomic mass is 16.5. The van der Waals surface area contributed by atoms with Crippen molar-refractivity contribution in [1.29, 1.82) is 0 Å². The summed E-state index contributed by atoms with van der Waals surface area (Å²) < 4.78 is 4.85. The average Bonchev–Trinajstić information content (AvgIpc) is 2.79.